The summed E-state index contributed by atoms with van der Waals surface area (Å²) < 4.78 is 0. The first-order valence-electron chi connectivity index (χ1n) is 10.6. The van der Waals surface area contributed by atoms with E-state index in [1.165, 1.54) is 5.56 Å². The van der Waals surface area contributed by atoms with E-state index in [-0.39, 0.29) is 0 Å². The summed E-state index contributed by atoms with van der Waals surface area (Å²) in [5.74, 6) is 1.97. The maximum absolute atomic E-state index is 4.79. The highest BCUT2D eigenvalue weighted by molar-refractivity contribution is 5.70. The Balaban J connectivity index is 0.00000132. The number of aromatic nitrogens is 3. The van der Waals surface area contributed by atoms with Crippen molar-refractivity contribution < 1.29 is 0 Å². The van der Waals surface area contributed by atoms with Crippen molar-refractivity contribution in [3.63, 3.8) is 0 Å². The number of nitrogens with zero attached hydrogens (tertiary/aromatic N) is 3. The normalized spacial score (nSPS) is 10.1. The molecule has 1 heterocycles. The second-order valence-electron chi connectivity index (χ2n) is 6.84. The Morgan fingerprint density at radius 1 is 0.548 bits per heavy atom. The van der Waals surface area contributed by atoms with E-state index in [1.54, 1.807) is 0 Å². The number of rotatable bonds is 5. The van der Waals surface area contributed by atoms with Gasteiger partial charge in [0.15, 0.2) is 17.5 Å². The monoisotopic (exact) mass is 411 g/mol. The van der Waals surface area contributed by atoms with Crippen LogP contribution in [0.5, 0.6) is 0 Å². The Kier molecular flexibility index (Phi) is 7.33. The highest BCUT2D eigenvalue weighted by Crippen LogP contribution is 2.27. The molecule has 0 spiro atoms. The molecule has 0 radical (unpaired) electrons. The van der Waals surface area contributed by atoms with Gasteiger partial charge in [0.05, 0.1) is 0 Å². The lowest BCUT2D eigenvalue weighted by Crippen LogP contribution is -2.01. The lowest BCUT2D eigenvalue weighted by molar-refractivity contribution is 1.07. The number of nitrogens with one attached hydrogen (secondary N) is 2. The average Bonchev–Trinajstić information content (AvgIpc) is 2.85. The molecule has 2 N–H and O–H groups in total. The van der Waals surface area contributed by atoms with Crippen molar-refractivity contribution in [2.75, 3.05) is 24.7 Å². The maximum Gasteiger partial charge on any atom is 0.164 e. The van der Waals surface area contributed by atoms with Crippen molar-refractivity contribution in [2.24, 2.45) is 0 Å². The lowest BCUT2D eigenvalue weighted by atomic mass is 10.1. The Morgan fingerprint density at radius 3 is 1.32 bits per heavy atom. The molecule has 0 saturated heterocycles. The van der Waals surface area contributed by atoms with Crippen LogP contribution in [0.4, 0.5) is 11.4 Å². The Bertz CT molecular complexity index is 1090. The molecule has 0 aliphatic rings. The highest BCUT2D eigenvalue weighted by atomic mass is 15.0. The first-order valence-corrected chi connectivity index (χ1v) is 10.6. The third kappa shape index (κ3) is 5.25. The SMILES string of the molecule is CC.CNc1cccc(-c2nc(-c3cccc(C)c3)nc(-c3cccc(NC)c3)n2)c1. The van der Waals surface area contributed by atoms with Crippen LogP contribution >= 0.6 is 0 Å². The van der Waals surface area contributed by atoms with E-state index in [0.29, 0.717) is 17.5 Å². The number of anilines is 2. The summed E-state index contributed by atoms with van der Waals surface area (Å²) in [5.41, 5.74) is 6.06. The van der Waals surface area contributed by atoms with Crippen LogP contribution in [0.2, 0.25) is 0 Å². The van der Waals surface area contributed by atoms with E-state index in [0.717, 1.165) is 28.1 Å². The molecule has 5 heteroatoms. The molecule has 3 aromatic carbocycles. The Hall–Kier alpha value is -3.73. The molecule has 0 amide bonds. The fourth-order valence-corrected chi connectivity index (χ4v) is 3.17. The third-order valence-electron chi connectivity index (χ3n) is 4.73. The maximum atomic E-state index is 4.79. The van der Waals surface area contributed by atoms with Crippen molar-refractivity contribution in [3.05, 3.63) is 78.4 Å². The van der Waals surface area contributed by atoms with Crippen molar-refractivity contribution in [2.45, 2.75) is 20.8 Å². The summed E-state index contributed by atoms with van der Waals surface area (Å²) in [7, 11) is 3.80. The van der Waals surface area contributed by atoms with Crippen LogP contribution in [-0.2, 0) is 0 Å². The van der Waals surface area contributed by atoms with Crippen LogP contribution in [0.3, 0.4) is 0 Å². The van der Waals surface area contributed by atoms with E-state index in [4.69, 9.17) is 15.0 Å². The zero-order valence-electron chi connectivity index (χ0n) is 18.8. The minimum absolute atomic E-state index is 0.651. The molecule has 5 nitrogen and oxygen atoms in total. The molecule has 4 rings (SSSR count). The number of hydrogen-bond donors (Lipinski definition) is 2. The van der Waals surface area contributed by atoms with Crippen LogP contribution in [-0.4, -0.2) is 29.0 Å². The van der Waals surface area contributed by atoms with Crippen molar-refractivity contribution in [1.29, 1.82) is 0 Å². The summed E-state index contributed by atoms with van der Waals surface area (Å²) in [6.07, 6.45) is 0. The summed E-state index contributed by atoms with van der Waals surface area (Å²) in [4.78, 5) is 14.4. The third-order valence-corrected chi connectivity index (χ3v) is 4.73. The second kappa shape index (κ2) is 10.3. The van der Waals surface area contributed by atoms with Gasteiger partial charge in [-0.2, -0.15) is 0 Å². The van der Waals surface area contributed by atoms with E-state index in [2.05, 4.69) is 29.7 Å². The molecule has 1 aromatic heterocycles. The lowest BCUT2D eigenvalue weighted by Gasteiger charge is -2.10. The Morgan fingerprint density at radius 2 is 0.935 bits per heavy atom. The fourth-order valence-electron chi connectivity index (χ4n) is 3.17. The van der Waals surface area contributed by atoms with Crippen LogP contribution < -0.4 is 10.6 Å². The van der Waals surface area contributed by atoms with Gasteiger partial charge in [-0.1, -0.05) is 61.9 Å². The van der Waals surface area contributed by atoms with Crippen molar-refractivity contribution >= 4 is 11.4 Å². The van der Waals surface area contributed by atoms with E-state index in [9.17, 15) is 0 Å². The van der Waals surface area contributed by atoms with E-state index >= 15 is 0 Å². The predicted molar refractivity (Wildman–Crippen MR) is 131 cm³/mol. The summed E-state index contributed by atoms with van der Waals surface area (Å²) in [6, 6.07) is 24.4. The van der Waals surface area contributed by atoms with E-state index in [1.807, 2.05) is 88.6 Å². The second-order valence-corrected chi connectivity index (χ2v) is 6.84. The minimum Gasteiger partial charge on any atom is -0.388 e. The summed E-state index contributed by atoms with van der Waals surface area (Å²) in [6.45, 7) is 6.07. The van der Waals surface area contributed by atoms with Gasteiger partial charge in [0.25, 0.3) is 0 Å². The molecule has 0 unspecified atom stereocenters. The molecule has 0 aliphatic heterocycles. The fraction of sp³-hybridized carbons (Fsp3) is 0.192. The molecule has 0 saturated carbocycles. The number of aryl methyl sites for hydroxylation is 1. The first kappa shape index (κ1) is 22.0. The van der Waals surface area contributed by atoms with Gasteiger partial charge in [-0.15, -0.1) is 0 Å². The topological polar surface area (TPSA) is 62.7 Å². The molecular weight excluding hydrogens is 382 g/mol. The number of hydrogen-bond acceptors (Lipinski definition) is 5. The smallest absolute Gasteiger partial charge is 0.164 e. The minimum atomic E-state index is 0.651. The molecule has 4 aromatic rings. The molecule has 158 valence electrons. The van der Waals surface area contributed by atoms with Gasteiger partial charge in [-0.3, -0.25) is 0 Å². The Labute approximate surface area is 184 Å². The molecule has 0 atom stereocenters. The first-order chi connectivity index (χ1) is 15.2. The van der Waals surface area contributed by atoms with Gasteiger partial charge < -0.3 is 10.6 Å². The van der Waals surface area contributed by atoms with Crippen LogP contribution in [0, 0.1) is 6.92 Å². The van der Waals surface area contributed by atoms with Crippen LogP contribution in [0.25, 0.3) is 34.2 Å². The van der Waals surface area contributed by atoms with Gasteiger partial charge in [0.1, 0.15) is 0 Å². The predicted octanol–water partition coefficient (Wildman–Crippen LogP) is 6.29. The quantitative estimate of drug-likeness (QED) is 0.404. The zero-order valence-corrected chi connectivity index (χ0v) is 18.8. The van der Waals surface area contributed by atoms with E-state index < -0.39 is 0 Å². The van der Waals surface area contributed by atoms with Gasteiger partial charge in [0.2, 0.25) is 0 Å². The van der Waals surface area contributed by atoms with Gasteiger partial charge in [-0.05, 0) is 37.3 Å². The number of benzene rings is 3. The summed E-state index contributed by atoms with van der Waals surface area (Å²) >= 11 is 0. The van der Waals surface area contributed by atoms with Gasteiger partial charge in [-0.25, -0.2) is 15.0 Å². The average molecular weight is 412 g/mol. The highest BCUT2D eigenvalue weighted by Gasteiger charge is 2.13. The molecular formula is C26H29N5. The van der Waals surface area contributed by atoms with Crippen LogP contribution in [0.1, 0.15) is 19.4 Å². The zero-order chi connectivity index (χ0) is 22.2. The van der Waals surface area contributed by atoms with Crippen LogP contribution in [0.15, 0.2) is 72.8 Å². The van der Waals surface area contributed by atoms with Gasteiger partial charge >= 0.3 is 0 Å². The standard InChI is InChI=1S/C24H23N5.C2H6/c1-16-7-4-8-17(13-16)22-27-23(18-9-5-11-20(14-18)25-2)29-24(28-22)19-10-6-12-21(15-19)26-3;1-2/h4-15,25-26H,1-3H3;1-2H3. The molecule has 0 bridgehead atoms. The van der Waals surface area contributed by atoms with Crippen molar-refractivity contribution in [1.82, 2.24) is 15.0 Å². The molecule has 0 fully saturated rings. The summed E-state index contributed by atoms with van der Waals surface area (Å²) in [5, 5.41) is 6.35. The molecule has 0 aliphatic carbocycles. The molecule has 31 heavy (non-hydrogen) atoms. The van der Waals surface area contributed by atoms with Gasteiger partial charge in [0, 0.05) is 42.2 Å². The largest absolute Gasteiger partial charge is 0.388 e. The van der Waals surface area contributed by atoms with Crippen molar-refractivity contribution in [3.8, 4) is 34.2 Å².